The average Bonchev–Trinajstić information content (AvgIpc) is 3.94. The van der Waals surface area contributed by atoms with E-state index in [0.29, 0.717) is 93.1 Å². The van der Waals surface area contributed by atoms with E-state index in [1.807, 2.05) is 62.2 Å². The summed E-state index contributed by atoms with van der Waals surface area (Å²) in [5, 5.41) is 26.2. The van der Waals surface area contributed by atoms with Crippen LogP contribution in [0.1, 0.15) is 85.6 Å². The van der Waals surface area contributed by atoms with Gasteiger partial charge in [0.05, 0.1) is 45.6 Å². The lowest BCUT2D eigenvalue weighted by molar-refractivity contribution is -0.228. The van der Waals surface area contributed by atoms with E-state index in [1.54, 1.807) is 13.2 Å². The molecule has 3 N–H and O–H groups in total. The Kier molecular flexibility index (Phi) is 10.4. The fraction of sp³-hybridized carbons (Fsp3) is 0.583. The van der Waals surface area contributed by atoms with Crippen LogP contribution in [0.2, 0.25) is 0 Å². The summed E-state index contributed by atoms with van der Waals surface area (Å²) in [5.74, 6) is -2.34. The quantitative estimate of drug-likeness (QED) is 0.169. The minimum atomic E-state index is -2.35. The first-order chi connectivity index (χ1) is 30.1. The SMILES string of the molecule is CC[C@]1(O)C[C@H]2CN(CCc3c([nH]c4ccc(C(=O)OC)cc34)[C@@](C(=O)OC)(c3cc4c(cc3OC)N(C)[C@H]3[C@@](O)(C(=O)OC)[C@H](OC(C)=O)[C@]5(CC)C=CCN6CC[C@]43[C@@H]65)C2)C1. The van der Waals surface area contributed by atoms with E-state index in [0.717, 1.165) is 22.0 Å². The number of carbonyl (C=O) groups excluding carboxylic acids is 4. The minimum absolute atomic E-state index is 0.181. The summed E-state index contributed by atoms with van der Waals surface area (Å²) in [5.41, 5.74) is -2.31. The van der Waals surface area contributed by atoms with Gasteiger partial charge in [-0.1, -0.05) is 26.0 Å². The van der Waals surface area contributed by atoms with Crippen molar-refractivity contribution in [2.75, 3.05) is 73.1 Å². The molecular weight excluding hydrogens is 809 g/mol. The lowest BCUT2D eigenvalue weighted by Gasteiger charge is -2.63. The number of aromatic amines is 1. The van der Waals surface area contributed by atoms with E-state index >= 15 is 4.79 Å². The van der Waals surface area contributed by atoms with Crippen molar-refractivity contribution in [2.45, 2.75) is 99.5 Å². The summed E-state index contributed by atoms with van der Waals surface area (Å²) in [4.78, 5) is 66.2. The first kappa shape index (κ1) is 43.3. The number of benzene rings is 2. The molecule has 6 heterocycles. The number of aliphatic hydroxyl groups is 2. The molecule has 3 fully saturated rings. The van der Waals surface area contributed by atoms with Crippen molar-refractivity contribution in [2.24, 2.45) is 11.3 Å². The molecule has 0 amide bonds. The molecule has 15 nitrogen and oxygen atoms in total. The normalized spacial score (nSPS) is 35.3. The first-order valence-electron chi connectivity index (χ1n) is 22.2. The molecule has 6 aliphatic rings. The number of aromatic nitrogens is 1. The summed E-state index contributed by atoms with van der Waals surface area (Å²) in [7, 11) is 7.36. The predicted octanol–water partition coefficient (Wildman–Crippen LogP) is 3.78. The van der Waals surface area contributed by atoms with Crippen LogP contribution in [-0.4, -0.2) is 146 Å². The standard InChI is InChI=1S/C48H60N4O11/c1-9-44(57)23-28-24-47(42(55)61-7,37-30(14-18-51(25-28)26-44)31-20-29(38(54)60-6)12-13-34(31)49-37)33-21-32-35(22-36(33)59-5)50(4)40-46(32)16-19-52-17-11-15-45(10-2,39(46)52)41(63-27(3)53)48(40,58)43(56)62-8/h11-13,15,20-22,28,39-41,49,57-58H,9-10,14,16-19,23-26H2,1-8H3/t28-,39+,40-,41-,44+,45-,46-,47+,48+/m1/s1. The Morgan fingerprint density at radius 2 is 1.67 bits per heavy atom. The third-order valence-corrected chi connectivity index (χ3v) is 16.1. The number of ether oxygens (including phenoxy) is 5. The molecule has 3 aromatic rings. The highest BCUT2D eigenvalue weighted by Crippen LogP contribution is 2.68. The summed E-state index contributed by atoms with van der Waals surface area (Å²) in [6.07, 6.45) is 5.42. The van der Waals surface area contributed by atoms with E-state index in [2.05, 4.69) is 14.8 Å². The second kappa shape index (κ2) is 15.1. The Balaban J connectivity index is 1.37. The van der Waals surface area contributed by atoms with Gasteiger partial charge in [-0.2, -0.15) is 0 Å². The van der Waals surface area contributed by atoms with Gasteiger partial charge in [0, 0.05) is 90.9 Å². The molecule has 1 saturated carbocycles. The minimum Gasteiger partial charge on any atom is -0.496 e. The van der Waals surface area contributed by atoms with Gasteiger partial charge < -0.3 is 43.8 Å². The molecule has 1 unspecified atom stereocenters. The summed E-state index contributed by atoms with van der Waals surface area (Å²) in [6, 6.07) is 7.96. The summed E-state index contributed by atoms with van der Waals surface area (Å²) >= 11 is 0. The molecule has 1 aromatic heterocycles. The molecule has 10 atom stereocenters. The fourth-order valence-electron chi connectivity index (χ4n) is 13.8. The number of rotatable bonds is 8. The number of likely N-dealkylation sites (N-methyl/N-ethyl adjacent to an activating group) is 1. The van der Waals surface area contributed by atoms with Crippen LogP contribution >= 0.6 is 0 Å². The lowest BCUT2D eigenvalue weighted by atomic mass is 9.47. The van der Waals surface area contributed by atoms with Gasteiger partial charge in [0.15, 0.2) is 6.10 Å². The molecule has 15 heteroatoms. The van der Waals surface area contributed by atoms with Crippen LogP contribution in [0.5, 0.6) is 5.75 Å². The van der Waals surface area contributed by atoms with Crippen molar-refractivity contribution >= 4 is 40.5 Å². The van der Waals surface area contributed by atoms with Crippen LogP contribution in [0.4, 0.5) is 5.69 Å². The van der Waals surface area contributed by atoms with Crippen LogP contribution in [0.15, 0.2) is 42.5 Å². The van der Waals surface area contributed by atoms with Gasteiger partial charge in [0.25, 0.3) is 0 Å². The van der Waals surface area contributed by atoms with E-state index in [1.165, 1.54) is 28.3 Å². The Morgan fingerprint density at radius 3 is 2.33 bits per heavy atom. The van der Waals surface area contributed by atoms with Crippen molar-refractivity contribution in [1.29, 1.82) is 0 Å². The van der Waals surface area contributed by atoms with Crippen LogP contribution in [-0.2, 0) is 50.6 Å². The lowest BCUT2D eigenvalue weighted by Crippen LogP contribution is -2.81. The van der Waals surface area contributed by atoms with Gasteiger partial charge in [-0.15, -0.1) is 0 Å². The summed E-state index contributed by atoms with van der Waals surface area (Å²) in [6.45, 7) is 8.21. The van der Waals surface area contributed by atoms with Crippen molar-refractivity contribution in [1.82, 2.24) is 14.8 Å². The van der Waals surface area contributed by atoms with Crippen LogP contribution in [0, 0.1) is 11.3 Å². The van der Waals surface area contributed by atoms with E-state index in [4.69, 9.17) is 23.7 Å². The Bertz CT molecular complexity index is 2430. The molecule has 2 aromatic carbocycles. The molecule has 9 rings (SSSR count). The molecule has 0 radical (unpaired) electrons. The van der Waals surface area contributed by atoms with Crippen molar-refractivity contribution < 1.29 is 53.1 Å². The maximum Gasteiger partial charge on any atom is 0.344 e. The topological polar surface area (TPSA) is 180 Å². The van der Waals surface area contributed by atoms with Gasteiger partial charge in [0.2, 0.25) is 5.60 Å². The fourth-order valence-corrected chi connectivity index (χ4v) is 13.8. The van der Waals surface area contributed by atoms with Gasteiger partial charge in [-0.05, 0) is 86.4 Å². The highest BCUT2D eigenvalue weighted by atomic mass is 16.6. The van der Waals surface area contributed by atoms with Gasteiger partial charge in [-0.25, -0.2) is 9.59 Å². The van der Waals surface area contributed by atoms with Gasteiger partial charge >= 0.3 is 23.9 Å². The molecule has 2 saturated heterocycles. The molecule has 63 heavy (non-hydrogen) atoms. The van der Waals surface area contributed by atoms with E-state index in [-0.39, 0.29) is 18.4 Å². The number of nitrogens with one attached hydrogen (secondary N) is 1. The summed E-state index contributed by atoms with van der Waals surface area (Å²) < 4.78 is 29.1. The third-order valence-electron chi connectivity index (χ3n) is 16.1. The average molecular weight is 869 g/mol. The molecule has 2 bridgehead atoms. The number of fused-ring (bicyclic) bond motifs is 6. The first-order valence-corrected chi connectivity index (χ1v) is 22.2. The number of H-pyrrole nitrogens is 1. The Morgan fingerprint density at radius 1 is 0.905 bits per heavy atom. The number of piperidine rings is 1. The van der Waals surface area contributed by atoms with Crippen molar-refractivity contribution in [3.8, 4) is 5.75 Å². The molecule has 338 valence electrons. The highest BCUT2D eigenvalue weighted by molar-refractivity contribution is 5.99. The number of nitrogens with zero attached hydrogens (tertiary/aromatic N) is 3. The predicted molar refractivity (Wildman–Crippen MR) is 232 cm³/mol. The number of anilines is 1. The zero-order chi connectivity index (χ0) is 45.0. The number of esters is 4. The molecule has 5 aliphatic heterocycles. The van der Waals surface area contributed by atoms with Crippen LogP contribution in [0.25, 0.3) is 10.9 Å². The number of methoxy groups -OCH3 is 4. The number of hydrogen-bond donors (Lipinski definition) is 3. The van der Waals surface area contributed by atoms with Crippen molar-refractivity contribution in [3.05, 3.63) is 70.4 Å². The monoisotopic (exact) mass is 868 g/mol. The van der Waals surface area contributed by atoms with Crippen molar-refractivity contribution in [3.63, 3.8) is 0 Å². The highest BCUT2D eigenvalue weighted by Gasteiger charge is 2.80. The largest absolute Gasteiger partial charge is 0.496 e. The zero-order valence-electron chi connectivity index (χ0n) is 37.5. The van der Waals surface area contributed by atoms with E-state index < -0.39 is 63.5 Å². The van der Waals surface area contributed by atoms with Gasteiger partial charge in [-0.3, -0.25) is 19.4 Å². The maximum atomic E-state index is 15.5. The number of carbonyl (C=O) groups is 4. The molecule has 1 spiro atoms. The smallest absolute Gasteiger partial charge is 0.344 e. The van der Waals surface area contributed by atoms with E-state index in [9.17, 15) is 24.6 Å². The molecule has 1 aliphatic carbocycles. The second-order valence-electron chi connectivity index (χ2n) is 18.9. The number of hydrogen-bond acceptors (Lipinski definition) is 14. The van der Waals surface area contributed by atoms with Crippen LogP contribution < -0.4 is 9.64 Å². The third kappa shape index (κ3) is 5.77. The molecular formula is C48H60N4O11. The Labute approximate surface area is 367 Å². The maximum absolute atomic E-state index is 15.5. The zero-order valence-corrected chi connectivity index (χ0v) is 37.5. The van der Waals surface area contributed by atoms with Crippen LogP contribution in [0.3, 0.4) is 0 Å². The second-order valence-corrected chi connectivity index (χ2v) is 18.9. The van der Waals surface area contributed by atoms with Gasteiger partial charge in [0.1, 0.15) is 11.2 Å². The Hall–Kier alpha value is -4.96.